The lowest BCUT2D eigenvalue weighted by atomic mass is 9.96. The monoisotopic (exact) mass is 489 g/mol. The van der Waals surface area contributed by atoms with Gasteiger partial charge in [-0.15, -0.1) is 11.3 Å². The zero-order valence-corrected chi connectivity index (χ0v) is 20.5. The first-order valence-corrected chi connectivity index (χ1v) is 12.7. The molecular weight excluding hydrogens is 461 g/mol. The molecular formula is C29H28FNO3S. The van der Waals surface area contributed by atoms with Crippen LogP contribution in [0.15, 0.2) is 66.7 Å². The van der Waals surface area contributed by atoms with Crippen LogP contribution < -0.4 is 4.74 Å². The molecule has 3 aromatic carbocycles. The summed E-state index contributed by atoms with van der Waals surface area (Å²) in [6, 6.07) is 20.7. The van der Waals surface area contributed by atoms with Crippen molar-refractivity contribution in [3.63, 3.8) is 0 Å². The Balaban J connectivity index is 1.36. The molecule has 0 atom stereocenters. The predicted octanol–water partition coefficient (Wildman–Crippen LogP) is 6.48. The van der Waals surface area contributed by atoms with Crippen LogP contribution in [-0.2, 0) is 0 Å². The lowest BCUT2D eigenvalue weighted by Crippen LogP contribution is -2.48. The Hall–Kier alpha value is -3.22. The molecule has 0 aliphatic carbocycles. The normalized spacial score (nSPS) is 14.2. The lowest BCUT2D eigenvalue weighted by Gasteiger charge is -2.37. The van der Waals surface area contributed by atoms with Gasteiger partial charge in [-0.25, -0.2) is 0 Å². The summed E-state index contributed by atoms with van der Waals surface area (Å²) in [6.07, 6.45) is 0.897. The fourth-order valence-corrected chi connectivity index (χ4v) is 5.85. The second-order valence-corrected chi connectivity index (χ2v) is 10.2. The second kappa shape index (κ2) is 10.2. The zero-order valence-electron chi connectivity index (χ0n) is 19.7. The third-order valence-electron chi connectivity index (χ3n) is 6.55. The molecule has 1 fully saturated rings. The highest BCUT2D eigenvalue weighted by molar-refractivity contribution is 7.21. The maximum Gasteiger partial charge on any atom is 0.203 e. The summed E-state index contributed by atoms with van der Waals surface area (Å²) in [5, 5.41) is 10.9. The number of ether oxygens (including phenoxy) is 1. The molecule has 1 aliphatic heterocycles. The number of alkyl halides is 1. The van der Waals surface area contributed by atoms with Crippen molar-refractivity contribution in [2.24, 2.45) is 5.92 Å². The van der Waals surface area contributed by atoms with E-state index in [1.165, 1.54) is 11.3 Å². The number of rotatable bonds is 9. The fourth-order valence-electron chi connectivity index (χ4n) is 4.63. The number of halogens is 1. The highest BCUT2D eigenvalue weighted by atomic mass is 32.1. The Morgan fingerprint density at radius 1 is 1.11 bits per heavy atom. The summed E-state index contributed by atoms with van der Waals surface area (Å²) in [5.41, 5.74) is 3.43. The molecule has 180 valence electrons. The van der Waals surface area contributed by atoms with Crippen molar-refractivity contribution in [2.75, 3.05) is 32.9 Å². The Bertz CT molecular complexity index is 1340. The maximum absolute atomic E-state index is 13.6. The molecule has 4 aromatic rings. The molecule has 0 unspecified atom stereocenters. The highest BCUT2D eigenvalue weighted by Crippen LogP contribution is 2.41. The number of carbonyl (C=O) groups excluding carboxylic acids is 1. The summed E-state index contributed by atoms with van der Waals surface area (Å²) in [4.78, 5) is 16.5. The van der Waals surface area contributed by atoms with Crippen LogP contribution in [0.5, 0.6) is 11.5 Å². The van der Waals surface area contributed by atoms with E-state index in [9.17, 15) is 14.3 Å². The average Bonchev–Trinajstić information content (AvgIpc) is 3.21. The van der Waals surface area contributed by atoms with Gasteiger partial charge in [-0.3, -0.25) is 9.18 Å². The zero-order chi connectivity index (χ0) is 24.4. The SMILES string of the molecule is Cc1ccccc1C(=O)c1sc2cc(O)ccc2c1-c1ccc(OCCCN2CC(CF)C2)cc1. The van der Waals surface area contributed by atoms with Crippen LogP contribution in [0.25, 0.3) is 21.2 Å². The van der Waals surface area contributed by atoms with Gasteiger partial charge in [-0.2, -0.15) is 0 Å². The van der Waals surface area contributed by atoms with Crippen LogP contribution in [0.2, 0.25) is 0 Å². The standard InChI is InChI=1S/C29H28FNO3S/c1-19-5-2-3-6-24(19)28(33)29-27(25-12-9-22(32)15-26(25)35-29)21-7-10-23(11-8-21)34-14-4-13-31-17-20(16-30)18-31/h2-3,5-12,15,20,32H,4,13-14,16-18H2,1H3. The summed E-state index contributed by atoms with van der Waals surface area (Å²) in [6.45, 7) is 4.94. The number of hydrogen-bond donors (Lipinski definition) is 1. The first-order chi connectivity index (χ1) is 17.0. The van der Waals surface area contributed by atoms with Crippen LogP contribution in [-0.4, -0.2) is 48.7 Å². The van der Waals surface area contributed by atoms with Crippen LogP contribution >= 0.6 is 11.3 Å². The van der Waals surface area contributed by atoms with E-state index in [1.807, 2.05) is 61.5 Å². The van der Waals surface area contributed by atoms with Gasteiger partial charge in [0.15, 0.2) is 0 Å². The van der Waals surface area contributed by atoms with Crippen molar-refractivity contribution >= 4 is 27.2 Å². The van der Waals surface area contributed by atoms with Crippen molar-refractivity contribution in [2.45, 2.75) is 13.3 Å². The lowest BCUT2D eigenvalue weighted by molar-refractivity contribution is 0.0755. The van der Waals surface area contributed by atoms with E-state index in [2.05, 4.69) is 4.90 Å². The Morgan fingerprint density at radius 3 is 2.63 bits per heavy atom. The average molecular weight is 490 g/mol. The van der Waals surface area contributed by atoms with E-state index in [0.29, 0.717) is 17.0 Å². The van der Waals surface area contributed by atoms with Gasteiger partial charge >= 0.3 is 0 Å². The number of carbonyl (C=O) groups is 1. The minimum atomic E-state index is -0.224. The molecule has 5 rings (SSSR count). The number of ketones is 1. The van der Waals surface area contributed by atoms with Gasteiger partial charge in [-0.1, -0.05) is 36.4 Å². The molecule has 0 spiro atoms. The van der Waals surface area contributed by atoms with E-state index >= 15 is 0 Å². The molecule has 35 heavy (non-hydrogen) atoms. The van der Waals surface area contributed by atoms with E-state index in [4.69, 9.17) is 4.74 Å². The minimum absolute atomic E-state index is 0.0138. The quantitative estimate of drug-likeness (QED) is 0.216. The molecule has 0 amide bonds. The van der Waals surface area contributed by atoms with Crippen molar-refractivity contribution in [3.8, 4) is 22.6 Å². The number of phenols is 1. The van der Waals surface area contributed by atoms with Gasteiger partial charge in [0, 0.05) is 46.8 Å². The Kier molecular flexibility index (Phi) is 6.84. The number of nitrogens with zero attached hydrogens (tertiary/aromatic N) is 1. The fraction of sp³-hybridized carbons (Fsp3) is 0.276. The first-order valence-electron chi connectivity index (χ1n) is 11.9. The van der Waals surface area contributed by atoms with E-state index < -0.39 is 0 Å². The van der Waals surface area contributed by atoms with Crippen molar-refractivity contribution in [3.05, 3.63) is 82.7 Å². The number of hydrogen-bond acceptors (Lipinski definition) is 5. The summed E-state index contributed by atoms with van der Waals surface area (Å²) >= 11 is 1.41. The maximum atomic E-state index is 13.6. The molecule has 1 aliphatic rings. The summed E-state index contributed by atoms with van der Waals surface area (Å²) < 4.78 is 19.3. The summed E-state index contributed by atoms with van der Waals surface area (Å²) in [5.74, 6) is 1.16. The molecule has 1 N–H and O–H groups in total. The number of likely N-dealkylation sites (tertiary alicyclic amines) is 1. The number of thiophene rings is 1. The molecule has 0 saturated carbocycles. The molecule has 4 nitrogen and oxygen atoms in total. The third-order valence-corrected chi connectivity index (χ3v) is 7.70. The predicted molar refractivity (Wildman–Crippen MR) is 140 cm³/mol. The summed E-state index contributed by atoms with van der Waals surface area (Å²) in [7, 11) is 0. The van der Waals surface area contributed by atoms with Gasteiger partial charge in [0.05, 0.1) is 18.2 Å². The van der Waals surface area contributed by atoms with Crippen molar-refractivity contribution in [1.82, 2.24) is 4.90 Å². The highest BCUT2D eigenvalue weighted by Gasteiger charge is 2.25. The molecule has 2 heterocycles. The van der Waals surface area contributed by atoms with Crippen LogP contribution in [0.3, 0.4) is 0 Å². The third kappa shape index (κ3) is 4.95. The van der Waals surface area contributed by atoms with Crippen LogP contribution in [0.1, 0.15) is 27.2 Å². The Labute approximate surface area is 208 Å². The molecule has 6 heteroatoms. The van der Waals surface area contributed by atoms with Gasteiger partial charge in [0.2, 0.25) is 5.78 Å². The van der Waals surface area contributed by atoms with Gasteiger partial charge in [0.25, 0.3) is 0 Å². The van der Waals surface area contributed by atoms with E-state index in [0.717, 1.165) is 58.6 Å². The topological polar surface area (TPSA) is 49.8 Å². The van der Waals surface area contributed by atoms with Crippen molar-refractivity contribution < 1.29 is 19.0 Å². The van der Waals surface area contributed by atoms with E-state index in [1.54, 1.807) is 12.1 Å². The smallest absolute Gasteiger partial charge is 0.203 e. The molecule has 0 radical (unpaired) electrons. The Morgan fingerprint density at radius 2 is 1.89 bits per heavy atom. The number of phenolic OH excluding ortho intramolecular Hbond substituents is 1. The number of aryl methyl sites for hydroxylation is 1. The minimum Gasteiger partial charge on any atom is -0.508 e. The number of aromatic hydroxyl groups is 1. The van der Waals surface area contributed by atoms with Gasteiger partial charge in [0.1, 0.15) is 11.5 Å². The van der Waals surface area contributed by atoms with Crippen LogP contribution in [0.4, 0.5) is 4.39 Å². The largest absolute Gasteiger partial charge is 0.508 e. The molecule has 1 saturated heterocycles. The van der Waals surface area contributed by atoms with Gasteiger partial charge < -0.3 is 14.7 Å². The molecule has 1 aromatic heterocycles. The van der Waals surface area contributed by atoms with Gasteiger partial charge in [-0.05, 0) is 54.8 Å². The van der Waals surface area contributed by atoms with Crippen molar-refractivity contribution in [1.29, 1.82) is 0 Å². The van der Waals surface area contributed by atoms with E-state index in [-0.39, 0.29) is 24.1 Å². The van der Waals surface area contributed by atoms with Crippen LogP contribution in [0, 0.1) is 12.8 Å². The number of fused-ring (bicyclic) bond motifs is 1. The number of benzene rings is 3. The first kappa shape index (κ1) is 23.5. The second-order valence-electron chi connectivity index (χ2n) is 9.14. The molecule has 0 bridgehead atoms.